The molecular weight excluding hydrogens is 264 g/mol. The van der Waals surface area contributed by atoms with Crippen LogP contribution in [0.3, 0.4) is 0 Å². The van der Waals surface area contributed by atoms with E-state index in [1.165, 1.54) is 6.07 Å². The maximum Gasteiger partial charge on any atom is 0.238 e. The first-order chi connectivity index (χ1) is 9.49. The summed E-state index contributed by atoms with van der Waals surface area (Å²) in [7, 11) is 3.94. The summed E-state index contributed by atoms with van der Waals surface area (Å²) in [5, 5.41) is 3.03. The van der Waals surface area contributed by atoms with Crippen molar-refractivity contribution in [1.82, 2.24) is 15.1 Å². The molecule has 1 unspecified atom stereocenters. The van der Waals surface area contributed by atoms with Crippen LogP contribution in [-0.4, -0.2) is 49.4 Å². The van der Waals surface area contributed by atoms with Gasteiger partial charge in [0.15, 0.2) is 11.6 Å². The Morgan fingerprint density at radius 2 is 2.10 bits per heavy atom. The van der Waals surface area contributed by atoms with Gasteiger partial charge in [-0.25, -0.2) is 8.78 Å². The zero-order chi connectivity index (χ0) is 14.7. The van der Waals surface area contributed by atoms with Crippen molar-refractivity contribution >= 4 is 5.91 Å². The number of hydrogen-bond acceptors (Lipinski definition) is 3. The Labute approximate surface area is 117 Å². The van der Waals surface area contributed by atoms with Crippen molar-refractivity contribution in [2.75, 3.05) is 33.7 Å². The molecule has 4 nitrogen and oxygen atoms in total. The van der Waals surface area contributed by atoms with Gasteiger partial charge in [-0.1, -0.05) is 6.07 Å². The summed E-state index contributed by atoms with van der Waals surface area (Å²) >= 11 is 0. The average Bonchev–Trinajstić information content (AvgIpc) is 2.74. The van der Waals surface area contributed by atoms with E-state index in [1.807, 2.05) is 19.0 Å². The molecule has 0 radical (unpaired) electrons. The lowest BCUT2D eigenvalue weighted by molar-refractivity contribution is -0.128. The quantitative estimate of drug-likeness (QED) is 0.886. The van der Waals surface area contributed by atoms with Crippen molar-refractivity contribution in [3.8, 4) is 0 Å². The molecule has 1 aromatic carbocycles. The lowest BCUT2D eigenvalue weighted by Crippen LogP contribution is -2.32. The maximum absolute atomic E-state index is 13.3. The molecular formula is C14H19F2N3O. The van der Waals surface area contributed by atoms with E-state index in [9.17, 15) is 13.6 Å². The number of benzene rings is 1. The van der Waals surface area contributed by atoms with Crippen LogP contribution in [-0.2, 0) is 4.79 Å². The van der Waals surface area contributed by atoms with Crippen LogP contribution < -0.4 is 5.32 Å². The summed E-state index contributed by atoms with van der Waals surface area (Å²) in [6.07, 6.45) is 0.459. The molecule has 0 bridgehead atoms. The minimum absolute atomic E-state index is 0.0153. The number of halogens is 2. The Balaban J connectivity index is 2.08. The molecule has 0 spiro atoms. The van der Waals surface area contributed by atoms with Crippen molar-refractivity contribution in [3.05, 3.63) is 35.4 Å². The molecule has 1 saturated heterocycles. The molecule has 1 fully saturated rings. The molecule has 1 aromatic rings. The van der Waals surface area contributed by atoms with Crippen LogP contribution in [0.2, 0.25) is 0 Å². The van der Waals surface area contributed by atoms with Gasteiger partial charge >= 0.3 is 0 Å². The Bertz CT molecular complexity index is 493. The van der Waals surface area contributed by atoms with Crippen LogP contribution in [0.25, 0.3) is 0 Å². The summed E-state index contributed by atoms with van der Waals surface area (Å²) in [5.74, 6) is -1.78. The highest BCUT2D eigenvalue weighted by atomic mass is 19.2. The monoisotopic (exact) mass is 283 g/mol. The van der Waals surface area contributed by atoms with E-state index in [0.717, 1.165) is 25.1 Å². The third kappa shape index (κ3) is 3.32. The van der Waals surface area contributed by atoms with Gasteiger partial charge in [0.05, 0.1) is 6.54 Å². The van der Waals surface area contributed by atoms with Crippen LogP contribution in [0, 0.1) is 11.6 Å². The van der Waals surface area contributed by atoms with E-state index in [4.69, 9.17) is 0 Å². The zero-order valence-corrected chi connectivity index (χ0v) is 11.7. The molecule has 1 aliphatic heterocycles. The van der Waals surface area contributed by atoms with Crippen LogP contribution in [0.4, 0.5) is 8.78 Å². The van der Waals surface area contributed by atoms with Crippen LogP contribution in [0.15, 0.2) is 18.2 Å². The molecule has 0 saturated carbocycles. The largest absolute Gasteiger partial charge is 0.322 e. The normalized spacial score (nSPS) is 19.1. The van der Waals surface area contributed by atoms with Crippen molar-refractivity contribution in [2.24, 2.45) is 0 Å². The first-order valence-electron chi connectivity index (χ1n) is 6.61. The second-order valence-corrected chi connectivity index (χ2v) is 5.20. The number of carbonyl (C=O) groups excluding carboxylic acids is 1. The molecule has 1 aliphatic rings. The number of nitrogens with one attached hydrogen (secondary N) is 1. The predicted octanol–water partition coefficient (Wildman–Crippen LogP) is 1.35. The fourth-order valence-electron chi connectivity index (χ4n) is 2.33. The van der Waals surface area contributed by atoms with Gasteiger partial charge < -0.3 is 9.80 Å². The lowest BCUT2D eigenvalue weighted by Gasteiger charge is -2.25. The number of amides is 1. The first kappa shape index (κ1) is 14.9. The van der Waals surface area contributed by atoms with E-state index in [2.05, 4.69) is 5.32 Å². The number of hydrogen-bond donors (Lipinski definition) is 1. The van der Waals surface area contributed by atoms with Gasteiger partial charge in [-0.15, -0.1) is 0 Å². The summed E-state index contributed by atoms with van der Waals surface area (Å²) in [4.78, 5) is 15.6. The molecule has 20 heavy (non-hydrogen) atoms. The van der Waals surface area contributed by atoms with Gasteiger partial charge in [-0.3, -0.25) is 10.1 Å². The highest BCUT2D eigenvalue weighted by Gasteiger charge is 2.31. The molecule has 1 N–H and O–H groups in total. The Kier molecular flexibility index (Phi) is 4.67. The van der Waals surface area contributed by atoms with Gasteiger partial charge in [0, 0.05) is 6.54 Å². The summed E-state index contributed by atoms with van der Waals surface area (Å²) in [6, 6.07) is 3.74. The average molecular weight is 283 g/mol. The fraction of sp³-hybridized carbons (Fsp3) is 0.500. The topological polar surface area (TPSA) is 35.6 Å². The van der Waals surface area contributed by atoms with Crippen molar-refractivity contribution in [2.45, 2.75) is 12.6 Å². The Hall–Kier alpha value is -1.53. The SMILES string of the molecule is CN(C)CCCN1C(=O)CNC1c1ccc(F)c(F)c1. The van der Waals surface area contributed by atoms with Crippen molar-refractivity contribution < 1.29 is 13.6 Å². The Morgan fingerprint density at radius 3 is 2.75 bits per heavy atom. The summed E-state index contributed by atoms with van der Waals surface area (Å²) < 4.78 is 26.3. The molecule has 0 aliphatic carbocycles. The third-order valence-corrected chi connectivity index (χ3v) is 3.34. The van der Waals surface area contributed by atoms with Gasteiger partial charge in [-0.05, 0) is 44.8 Å². The van der Waals surface area contributed by atoms with Gasteiger partial charge in [-0.2, -0.15) is 0 Å². The minimum Gasteiger partial charge on any atom is -0.322 e. The van der Waals surface area contributed by atoms with E-state index in [1.54, 1.807) is 4.90 Å². The van der Waals surface area contributed by atoms with E-state index in [0.29, 0.717) is 12.1 Å². The number of carbonyl (C=O) groups is 1. The van der Waals surface area contributed by atoms with E-state index in [-0.39, 0.29) is 18.6 Å². The maximum atomic E-state index is 13.3. The molecule has 0 aromatic heterocycles. The smallest absolute Gasteiger partial charge is 0.238 e. The fourth-order valence-corrected chi connectivity index (χ4v) is 2.33. The number of nitrogens with zero attached hydrogens (tertiary/aromatic N) is 2. The van der Waals surface area contributed by atoms with Crippen LogP contribution >= 0.6 is 0 Å². The van der Waals surface area contributed by atoms with Gasteiger partial charge in [0.25, 0.3) is 0 Å². The lowest BCUT2D eigenvalue weighted by atomic mass is 10.1. The van der Waals surface area contributed by atoms with Crippen LogP contribution in [0.1, 0.15) is 18.2 Å². The molecule has 110 valence electrons. The zero-order valence-electron chi connectivity index (χ0n) is 11.7. The Morgan fingerprint density at radius 1 is 1.35 bits per heavy atom. The summed E-state index contributed by atoms with van der Waals surface area (Å²) in [6.45, 7) is 1.69. The van der Waals surface area contributed by atoms with E-state index >= 15 is 0 Å². The number of rotatable bonds is 5. The first-order valence-corrected chi connectivity index (χ1v) is 6.61. The predicted molar refractivity (Wildman–Crippen MR) is 72.0 cm³/mol. The third-order valence-electron chi connectivity index (χ3n) is 3.34. The molecule has 1 atom stereocenters. The van der Waals surface area contributed by atoms with Crippen molar-refractivity contribution in [1.29, 1.82) is 0 Å². The second-order valence-electron chi connectivity index (χ2n) is 5.20. The molecule has 1 amide bonds. The molecule has 1 heterocycles. The molecule has 2 rings (SSSR count). The highest BCUT2D eigenvalue weighted by molar-refractivity contribution is 5.80. The van der Waals surface area contributed by atoms with E-state index < -0.39 is 11.6 Å². The van der Waals surface area contributed by atoms with Crippen LogP contribution in [0.5, 0.6) is 0 Å². The van der Waals surface area contributed by atoms with Gasteiger partial charge in [0.2, 0.25) is 5.91 Å². The standard InChI is InChI=1S/C14H19F2N3O/c1-18(2)6-3-7-19-13(20)9-17-14(19)10-4-5-11(15)12(16)8-10/h4-5,8,14,17H,3,6-7,9H2,1-2H3. The highest BCUT2D eigenvalue weighted by Crippen LogP contribution is 2.24. The minimum atomic E-state index is -0.892. The second kappa shape index (κ2) is 6.28. The molecule has 6 heteroatoms. The summed E-state index contributed by atoms with van der Waals surface area (Å²) in [5.41, 5.74) is 0.569. The van der Waals surface area contributed by atoms with Gasteiger partial charge in [0.1, 0.15) is 6.17 Å². The van der Waals surface area contributed by atoms with Crippen molar-refractivity contribution in [3.63, 3.8) is 0 Å².